The van der Waals surface area contributed by atoms with Gasteiger partial charge < -0.3 is 4.74 Å². The topological polar surface area (TPSA) is 86.0 Å². The highest BCUT2D eigenvalue weighted by Gasteiger charge is 2.34. The third kappa shape index (κ3) is 3.06. The Morgan fingerprint density at radius 1 is 1.33 bits per heavy atom. The number of halogens is 1. The van der Waals surface area contributed by atoms with Gasteiger partial charge in [0.15, 0.2) is 5.82 Å². The molecule has 0 aliphatic carbocycles. The molecular formula is C15H19FN6O2. The van der Waals surface area contributed by atoms with E-state index in [1.54, 1.807) is 4.90 Å². The molecule has 2 aromatic rings. The van der Waals surface area contributed by atoms with Gasteiger partial charge >= 0.3 is 6.09 Å². The summed E-state index contributed by atoms with van der Waals surface area (Å²) >= 11 is 0. The Labute approximate surface area is 138 Å². The standard InChI is InChI=1S/C15H19FN6O2/c1-9-12-11(5-6-21(9)14(23)24-15(2,3)4)22(20-19-12)13-17-7-10(16)8-18-13/h7-9H,5-6H2,1-4H3. The van der Waals surface area contributed by atoms with Crippen molar-refractivity contribution in [1.29, 1.82) is 0 Å². The van der Waals surface area contributed by atoms with E-state index in [1.165, 1.54) is 4.68 Å². The number of carbonyl (C=O) groups is 1. The van der Waals surface area contributed by atoms with Crippen molar-refractivity contribution in [3.8, 4) is 5.95 Å². The van der Waals surface area contributed by atoms with Crippen LogP contribution in [0.2, 0.25) is 0 Å². The van der Waals surface area contributed by atoms with Gasteiger partial charge in [0, 0.05) is 13.0 Å². The monoisotopic (exact) mass is 334 g/mol. The predicted octanol–water partition coefficient (Wildman–Crippen LogP) is 2.05. The van der Waals surface area contributed by atoms with Gasteiger partial charge in [-0.25, -0.2) is 19.2 Å². The largest absolute Gasteiger partial charge is 0.444 e. The molecular weight excluding hydrogens is 315 g/mol. The summed E-state index contributed by atoms with van der Waals surface area (Å²) < 4.78 is 19.9. The van der Waals surface area contributed by atoms with Gasteiger partial charge in [-0.1, -0.05) is 5.21 Å². The first-order chi connectivity index (χ1) is 11.3. The molecule has 0 radical (unpaired) electrons. The molecule has 0 bridgehead atoms. The van der Waals surface area contributed by atoms with Crippen LogP contribution in [0, 0.1) is 5.82 Å². The molecule has 3 rings (SSSR count). The molecule has 9 heteroatoms. The Morgan fingerprint density at radius 2 is 2.00 bits per heavy atom. The lowest BCUT2D eigenvalue weighted by Gasteiger charge is -2.34. The molecule has 3 heterocycles. The second kappa shape index (κ2) is 5.81. The SMILES string of the molecule is CC1c2nnn(-c3ncc(F)cn3)c2CCN1C(=O)OC(C)(C)C. The smallest absolute Gasteiger partial charge is 0.410 e. The summed E-state index contributed by atoms with van der Waals surface area (Å²) in [6, 6.07) is -0.280. The maximum atomic E-state index is 13.0. The number of hydrogen-bond acceptors (Lipinski definition) is 6. The molecule has 0 fully saturated rings. The molecule has 8 nitrogen and oxygen atoms in total. The Balaban J connectivity index is 1.86. The predicted molar refractivity (Wildman–Crippen MR) is 82.0 cm³/mol. The molecule has 0 saturated heterocycles. The van der Waals surface area contributed by atoms with Crippen molar-refractivity contribution >= 4 is 6.09 Å². The number of rotatable bonds is 1. The van der Waals surface area contributed by atoms with Crippen molar-refractivity contribution in [1.82, 2.24) is 29.9 Å². The number of hydrogen-bond donors (Lipinski definition) is 0. The van der Waals surface area contributed by atoms with Gasteiger partial charge in [-0.2, -0.15) is 4.68 Å². The normalized spacial score (nSPS) is 17.5. The average Bonchev–Trinajstić information content (AvgIpc) is 2.91. The Morgan fingerprint density at radius 3 is 2.62 bits per heavy atom. The Hall–Kier alpha value is -2.58. The van der Waals surface area contributed by atoms with E-state index in [2.05, 4.69) is 20.3 Å². The lowest BCUT2D eigenvalue weighted by molar-refractivity contribution is 0.0154. The first kappa shape index (κ1) is 16.3. The quantitative estimate of drug-likeness (QED) is 0.793. The zero-order valence-corrected chi connectivity index (χ0v) is 14.0. The lowest BCUT2D eigenvalue weighted by atomic mass is 10.0. The van der Waals surface area contributed by atoms with E-state index < -0.39 is 11.4 Å². The van der Waals surface area contributed by atoms with Gasteiger partial charge in [0.05, 0.1) is 24.1 Å². The van der Waals surface area contributed by atoms with Crippen molar-refractivity contribution in [3.05, 3.63) is 29.6 Å². The number of carbonyl (C=O) groups excluding carboxylic acids is 1. The molecule has 0 saturated carbocycles. The van der Waals surface area contributed by atoms with Crippen molar-refractivity contribution in [2.75, 3.05) is 6.54 Å². The second-order valence-electron chi connectivity index (χ2n) is 6.63. The molecule has 1 atom stereocenters. The van der Waals surface area contributed by atoms with Crippen molar-refractivity contribution in [2.45, 2.75) is 45.8 Å². The molecule has 1 aliphatic rings. The van der Waals surface area contributed by atoms with Crippen LogP contribution in [0.15, 0.2) is 12.4 Å². The number of amides is 1. The van der Waals surface area contributed by atoms with Crippen molar-refractivity contribution < 1.29 is 13.9 Å². The van der Waals surface area contributed by atoms with Crippen LogP contribution in [0.1, 0.15) is 45.1 Å². The van der Waals surface area contributed by atoms with E-state index in [9.17, 15) is 9.18 Å². The van der Waals surface area contributed by atoms with Crippen LogP contribution in [0.3, 0.4) is 0 Å². The number of nitrogens with zero attached hydrogens (tertiary/aromatic N) is 6. The van der Waals surface area contributed by atoms with E-state index in [4.69, 9.17) is 4.74 Å². The molecule has 1 aliphatic heterocycles. The zero-order chi connectivity index (χ0) is 17.5. The van der Waals surface area contributed by atoms with Crippen LogP contribution in [-0.4, -0.2) is 48.1 Å². The molecule has 0 aromatic carbocycles. The minimum atomic E-state index is -0.559. The van der Waals surface area contributed by atoms with E-state index in [0.29, 0.717) is 18.7 Å². The summed E-state index contributed by atoms with van der Waals surface area (Å²) in [5, 5.41) is 8.21. The first-order valence-corrected chi connectivity index (χ1v) is 7.68. The summed E-state index contributed by atoms with van der Waals surface area (Å²) in [4.78, 5) is 21.8. The van der Waals surface area contributed by atoms with E-state index in [1.807, 2.05) is 27.7 Å². The highest BCUT2D eigenvalue weighted by atomic mass is 19.1. The molecule has 0 N–H and O–H groups in total. The summed E-state index contributed by atoms with van der Waals surface area (Å²) in [5.74, 6) is -0.264. The molecule has 24 heavy (non-hydrogen) atoms. The fourth-order valence-corrected chi connectivity index (χ4v) is 2.58. The lowest BCUT2D eigenvalue weighted by Crippen LogP contribution is -2.42. The maximum absolute atomic E-state index is 13.0. The van der Waals surface area contributed by atoms with Gasteiger partial charge in [0.1, 0.15) is 11.3 Å². The van der Waals surface area contributed by atoms with Crippen LogP contribution >= 0.6 is 0 Å². The number of aromatic nitrogens is 5. The van der Waals surface area contributed by atoms with E-state index in [-0.39, 0.29) is 18.1 Å². The van der Waals surface area contributed by atoms with E-state index >= 15 is 0 Å². The Kier molecular flexibility index (Phi) is 3.94. The van der Waals surface area contributed by atoms with Crippen LogP contribution in [0.25, 0.3) is 5.95 Å². The van der Waals surface area contributed by atoms with Gasteiger partial charge in [-0.15, -0.1) is 5.10 Å². The summed E-state index contributed by atoms with van der Waals surface area (Å²) in [6.45, 7) is 7.82. The highest BCUT2D eigenvalue weighted by molar-refractivity contribution is 5.69. The van der Waals surface area contributed by atoms with Gasteiger partial charge in [-0.05, 0) is 27.7 Å². The average molecular weight is 334 g/mol. The summed E-state index contributed by atoms with van der Waals surface area (Å²) in [7, 11) is 0. The minimum absolute atomic E-state index is 0.253. The maximum Gasteiger partial charge on any atom is 0.410 e. The van der Waals surface area contributed by atoms with Crippen LogP contribution in [0.5, 0.6) is 0 Å². The second-order valence-corrected chi connectivity index (χ2v) is 6.63. The van der Waals surface area contributed by atoms with Crippen LogP contribution in [0.4, 0.5) is 9.18 Å². The molecule has 2 aromatic heterocycles. The molecule has 1 unspecified atom stereocenters. The fourth-order valence-electron chi connectivity index (χ4n) is 2.58. The fraction of sp³-hybridized carbons (Fsp3) is 0.533. The van der Waals surface area contributed by atoms with Crippen molar-refractivity contribution in [2.24, 2.45) is 0 Å². The van der Waals surface area contributed by atoms with Gasteiger partial charge in [0.2, 0.25) is 0 Å². The number of ether oxygens (including phenoxy) is 1. The third-order valence-corrected chi connectivity index (χ3v) is 3.67. The first-order valence-electron chi connectivity index (χ1n) is 7.68. The van der Waals surface area contributed by atoms with Gasteiger partial charge in [-0.3, -0.25) is 4.90 Å². The summed E-state index contributed by atoms with van der Waals surface area (Å²) in [6.07, 6.45) is 2.31. The Bertz CT molecular complexity index is 752. The molecule has 128 valence electrons. The third-order valence-electron chi connectivity index (χ3n) is 3.67. The number of fused-ring (bicyclic) bond motifs is 1. The molecule has 0 spiro atoms. The highest BCUT2D eigenvalue weighted by Crippen LogP contribution is 2.29. The summed E-state index contributed by atoms with van der Waals surface area (Å²) in [5.41, 5.74) is 0.922. The van der Waals surface area contributed by atoms with E-state index in [0.717, 1.165) is 18.1 Å². The van der Waals surface area contributed by atoms with Crippen molar-refractivity contribution in [3.63, 3.8) is 0 Å². The van der Waals surface area contributed by atoms with Crippen LogP contribution < -0.4 is 0 Å². The zero-order valence-electron chi connectivity index (χ0n) is 14.0. The van der Waals surface area contributed by atoms with Gasteiger partial charge in [0.25, 0.3) is 5.95 Å². The van der Waals surface area contributed by atoms with Crippen LogP contribution in [-0.2, 0) is 11.2 Å². The molecule has 1 amide bonds. The minimum Gasteiger partial charge on any atom is -0.444 e.